The van der Waals surface area contributed by atoms with Crippen molar-refractivity contribution in [1.29, 1.82) is 0 Å². The molecule has 0 spiro atoms. The van der Waals surface area contributed by atoms with Gasteiger partial charge in [-0.1, -0.05) is 0 Å². The first-order chi connectivity index (χ1) is 9.29. The van der Waals surface area contributed by atoms with E-state index >= 15 is 0 Å². The average molecular weight is 356 g/mol. The second kappa shape index (κ2) is 5.66. The normalized spacial score (nSPS) is 13.0. The molecule has 0 heterocycles. The Kier molecular flexibility index (Phi) is 4.87. The van der Waals surface area contributed by atoms with E-state index < -0.39 is 23.8 Å². The average Bonchev–Trinajstić information content (AvgIpc) is 2.24. The van der Waals surface area contributed by atoms with Crippen molar-refractivity contribution in [3.8, 4) is 5.75 Å². The number of benzene rings is 1. The Morgan fingerprint density at radius 2 is 1.67 bits per heavy atom. The molecule has 120 valence electrons. The first kappa shape index (κ1) is 18.1. The van der Waals surface area contributed by atoms with Gasteiger partial charge in [0.2, 0.25) is 10.0 Å². The van der Waals surface area contributed by atoms with Crippen LogP contribution in [0.5, 0.6) is 5.75 Å². The number of hydrogen-bond acceptors (Lipinski definition) is 5. The molecule has 1 N–H and O–H groups in total. The first-order valence-electron chi connectivity index (χ1n) is 5.95. The van der Waals surface area contributed by atoms with Crippen LogP contribution in [0.25, 0.3) is 0 Å². The number of ether oxygens (including phenoxy) is 1. The van der Waals surface area contributed by atoms with Gasteiger partial charge in [0.05, 0.1) is 17.5 Å². The Balaban J connectivity index is 3.56. The third-order valence-electron chi connectivity index (χ3n) is 2.72. The molecular formula is C12H18ClNO5S2. The summed E-state index contributed by atoms with van der Waals surface area (Å²) in [6.07, 6.45) is 0. The standard InChI is InChI=1S/C12H18ClNO5S2/c1-8-6-9(14-21(17,18)12(2,3)4)11(19-5)10(7-8)20(13,15)16/h6-7,14H,1-5H3. The Morgan fingerprint density at radius 1 is 1.14 bits per heavy atom. The third-order valence-corrected chi connectivity index (χ3v) is 6.14. The summed E-state index contributed by atoms with van der Waals surface area (Å²) in [5.41, 5.74) is 0.563. The molecule has 1 aromatic carbocycles. The number of rotatable bonds is 4. The SMILES string of the molecule is COc1c(NS(=O)(=O)C(C)(C)C)cc(C)cc1S(=O)(=O)Cl. The van der Waals surface area contributed by atoms with E-state index in [-0.39, 0.29) is 16.3 Å². The van der Waals surface area contributed by atoms with E-state index in [2.05, 4.69) is 4.72 Å². The summed E-state index contributed by atoms with van der Waals surface area (Å²) in [6, 6.07) is 2.80. The molecule has 0 amide bonds. The van der Waals surface area contributed by atoms with Gasteiger partial charge < -0.3 is 4.74 Å². The highest BCUT2D eigenvalue weighted by Crippen LogP contribution is 2.37. The van der Waals surface area contributed by atoms with E-state index in [1.54, 1.807) is 6.92 Å². The van der Waals surface area contributed by atoms with Gasteiger partial charge in [-0.2, -0.15) is 0 Å². The van der Waals surface area contributed by atoms with Gasteiger partial charge in [0.25, 0.3) is 9.05 Å². The fourth-order valence-electron chi connectivity index (χ4n) is 1.51. The molecule has 0 aliphatic heterocycles. The summed E-state index contributed by atoms with van der Waals surface area (Å²) in [5, 5.41) is 0. The van der Waals surface area contributed by atoms with Crippen molar-refractivity contribution in [1.82, 2.24) is 0 Å². The molecule has 0 aliphatic carbocycles. The topological polar surface area (TPSA) is 89.5 Å². The van der Waals surface area contributed by atoms with Gasteiger partial charge in [0.15, 0.2) is 5.75 Å². The van der Waals surface area contributed by atoms with Gasteiger partial charge in [-0.3, -0.25) is 4.72 Å². The van der Waals surface area contributed by atoms with Gasteiger partial charge in [0.1, 0.15) is 4.90 Å². The zero-order valence-corrected chi connectivity index (χ0v) is 14.8. The van der Waals surface area contributed by atoms with E-state index in [1.807, 2.05) is 0 Å². The minimum atomic E-state index is -4.07. The summed E-state index contributed by atoms with van der Waals surface area (Å²) in [7, 11) is -1.20. The maximum atomic E-state index is 12.2. The minimum Gasteiger partial charge on any atom is -0.493 e. The lowest BCUT2D eigenvalue weighted by molar-refractivity contribution is 0.405. The van der Waals surface area contributed by atoms with Crippen LogP contribution in [0.1, 0.15) is 26.3 Å². The van der Waals surface area contributed by atoms with Crippen LogP contribution in [-0.2, 0) is 19.1 Å². The maximum absolute atomic E-state index is 12.2. The summed E-state index contributed by atoms with van der Waals surface area (Å²) in [5.74, 6) is -0.136. The molecular weight excluding hydrogens is 338 g/mol. The third kappa shape index (κ3) is 4.02. The Hall–Kier alpha value is -0.990. The van der Waals surface area contributed by atoms with E-state index in [4.69, 9.17) is 15.4 Å². The predicted octanol–water partition coefficient (Wildman–Crippen LogP) is 2.47. The second-order valence-electron chi connectivity index (χ2n) is 5.50. The highest BCUT2D eigenvalue weighted by molar-refractivity contribution is 8.13. The summed E-state index contributed by atoms with van der Waals surface area (Å²) < 4.78 is 53.9. The number of sulfonamides is 1. The molecule has 1 aromatic rings. The van der Waals surface area contributed by atoms with Crippen LogP contribution in [0.15, 0.2) is 17.0 Å². The molecule has 0 fully saturated rings. The number of aryl methyl sites for hydroxylation is 1. The fraction of sp³-hybridized carbons (Fsp3) is 0.500. The molecule has 0 bridgehead atoms. The van der Waals surface area contributed by atoms with Gasteiger partial charge in [-0.05, 0) is 45.4 Å². The van der Waals surface area contributed by atoms with Crippen LogP contribution >= 0.6 is 10.7 Å². The van der Waals surface area contributed by atoms with Crippen LogP contribution < -0.4 is 9.46 Å². The van der Waals surface area contributed by atoms with Crippen molar-refractivity contribution in [2.24, 2.45) is 0 Å². The number of hydrogen-bond donors (Lipinski definition) is 1. The van der Waals surface area contributed by atoms with Gasteiger partial charge >= 0.3 is 0 Å². The van der Waals surface area contributed by atoms with Crippen LogP contribution in [0.3, 0.4) is 0 Å². The van der Waals surface area contributed by atoms with E-state index in [0.29, 0.717) is 5.56 Å². The van der Waals surface area contributed by atoms with Crippen LogP contribution in [0.4, 0.5) is 5.69 Å². The molecule has 0 saturated heterocycles. The van der Waals surface area contributed by atoms with Crippen LogP contribution in [0, 0.1) is 6.92 Å². The zero-order chi connectivity index (χ0) is 16.6. The Labute approximate surface area is 129 Å². The second-order valence-corrected chi connectivity index (χ2v) is 10.5. The van der Waals surface area contributed by atoms with Crippen molar-refractivity contribution >= 4 is 35.4 Å². The van der Waals surface area contributed by atoms with Crippen molar-refractivity contribution in [3.05, 3.63) is 17.7 Å². The molecule has 0 unspecified atom stereocenters. The van der Waals surface area contributed by atoms with E-state index in [0.717, 1.165) is 0 Å². The molecule has 0 saturated carbocycles. The summed E-state index contributed by atoms with van der Waals surface area (Å²) in [6.45, 7) is 6.20. The smallest absolute Gasteiger partial charge is 0.265 e. The van der Waals surface area contributed by atoms with E-state index in [9.17, 15) is 16.8 Å². The largest absolute Gasteiger partial charge is 0.493 e. The van der Waals surface area contributed by atoms with E-state index in [1.165, 1.54) is 40.0 Å². The highest BCUT2D eigenvalue weighted by atomic mass is 35.7. The fourth-order valence-corrected chi connectivity index (χ4v) is 3.34. The predicted molar refractivity (Wildman–Crippen MR) is 83.1 cm³/mol. The first-order valence-corrected chi connectivity index (χ1v) is 9.74. The monoisotopic (exact) mass is 355 g/mol. The number of halogens is 1. The number of anilines is 1. The molecule has 0 aliphatic rings. The molecule has 0 atom stereocenters. The van der Waals surface area contributed by atoms with Gasteiger partial charge in [-0.15, -0.1) is 0 Å². The van der Waals surface area contributed by atoms with Crippen molar-refractivity contribution < 1.29 is 21.6 Å². The van der Waals surface area contributed by atoms with Crippen molar-refractivity contribution in [3.63, 3.8) is 0 Å². The molecule has 9 heteroatoms. The van der Waals surface area contributed by atoms with Crippen LogP contribution in [0.2, 0.25) is 0 Å². The zero-order valence-electron chi connectivity index (χ0n) is 12.4. The molecule has 21 heavy (non-hydrogen) atoms. The van der Waals surface area contributed by atoms with Crippen LogP contribution in [-0.4, -0.2) is 28.7 Å². The van der Waals surface area contributed by atoms with Gasteiger partial charge in [0, 0.05) is 10.7 Å². The Bertz CT molecular complexity index is 749. The molecule has 0 radical (unpaired) electrons. The molecule has 6 nitrogen and oxygen atoms in total. The summed E-state index contributed by atoms with van der Waals surface area (Å²) in [4.78, 5) is -0.279. The van der Waals surface area contributed by atoms with Gasteiger partial charge in [-0.25, -0.2) is 16.8 Å². The lowest BCUT2D eigenvalue weighted by Gasteiger charge is -2.22. The number of methoxy groups -OCH3 is 1. The highest BCUT2D eigenvalue weighted by Gasteiger charge is 2.31. The Morgan fingerprint density at radius 3 is 2.05 bits per heavy atom. The quantitative estimate of drug-likeness (QED) is 0.838. The van der Waals surface area contributed by atoms with Crippen molar-refractivity contribution in [2.45, 2.75) is 37.3 Å². The van der Waals surface area contributed by atoms with Crippen molar-refractivity contribution in [2.75, 3.05) is 11.8 Å². The molecule has 1 rings (SSSR count). The minimum absolute atomic E-state index is 0.0339. The number of nitrogens with one attached hydrogen (secondary N) is 1. The lowest BCUT2D eigenvalue weighted by atomic mass is 10.2. The maximum Gasteiger partial charge on any atom is 0.265 e. The lowest BCUT2D eigenvalue weighted by Crippen LogP contribution is -2.33. The summed E-state index contributed by atoms with van der Waals surface area (Å²) >= 11 is 0. The molecule has 0 aromatic heterocycles.